The first kappa shape index (κ1) is 17.1. The normalized spacial score (nSPS) is 16.0. The molecule has 22 heavy (non-hydrogen) atoms. The van der Waals surface area contributed by atoms with Crippen molar-refractivity contribution in [1.29, 1.82) is 0 Å². The van der Waals surface area contributed by atoms with Crippen LogP contribution < -0.4 is 4.90 Å². The molecule has 120 valence electrons. The van der Waals surface area contributed by atoms with Crippen LogP contribution in [0.4, 0.5) is 10.5 Å². The second-order valence-corrected chi connectivity index (χ2v) is 8.13. The van der Waals surface area contributed by atoms with Crippen molar-refractivity contribution < 1.29 is 18.0 Å². The van der Waals surface area contributed by atoms with Gasteiger partial charge in [-0.15, -0.1) is 0 Å². The summed E-state index contributed by atoms with van der Waals surface area (Å²) in [4.78, 5) is 25.2. The van der Waals surface area contributed by atoms with Gasteiger partial charge < -0.3 is 0 Å². The molecule has 0 saturated carbocycles. The van der Waals surface area contributed by atoms with Gasteiger partial charge in [-0.3, -0.25) is 4.79 Å². The van der Waals surface area contributed by atoms with Crippen LogP contribution in [0.15, 0.2) is 18.2 Å². The Morgan fingerprint density at radius 2 is 1.68 bits per heavy atom. The number of carbonyl (C=O) groups excluding carboxylic acids is 2. The van der Waals surface area contributed by atoms with Crippen molar-refractivity contribution in [2.45, 2.75) is 13.8 Å². The molecule has 0 unspecified atom stereocenters. The number of sulfonamides is 1. The zero-order chi connectivity index (χ0) is 16.7. The molecule has 0 spiro atoms. The van der Waals surface area contributed by atoms with Gasteiger partial charge in [0.1, 0.15) is 6.54 Å². The lowest BCUT2D eigenvalue weighted by Crippen LogP contribution is -2.38. The molecule has 0 bridgehead atoms. The van der Waals surface area contributed by atoms with E-state index < -0.39 is 28.5 Å². The van der Waals surface area contributed by atoms with Gasteiger partial charge in [0, 0.05) is 10.0 Å². The molecule has 1 fully saturated rings. The standard InChI is InChI=1S/C13H14Cl2N2O4S/c1-8(2)7-22(20,21)16-6-12(18)17(13(16)19)11-4-9(14)3-10(15)5-11/h3-5,8H,6-7H2,1-2H3. The van der Waals surface area contributed by atoms with E-state index in [0.717, 1.165) is 4.90 Å². The van der Waals surface area contributed by atoms with E-state index >= 15 is 0 Å². The Balaban J connectivity index is 2.37. The van der Waals surface area contributed by atoms with Crippen molar-refractivity contribution in [2.75, 3.05) is 17.2 Å². The van der Waals surface area contributed by atoms with Gasteiger partial charge in [0.2, 0.25) is 10.0 Å². The fourth-order valence-electron chi connectivity index (χ4n) is 2.13. The summed E-state index contributed by atoms with van der Waals surface area (Å²) in [5.41, 5.74) is 0.148. The fraction of sp³-hybridized carbons (Fsp3) is 0.385. The Kier molecular flexibility index (Phi) is 4.70. The number of imide groups is 1. The lowest BCUT2D eigenvalue weighted by atomic mass is 10.3. The minimum atomic E-state index is -3.85. The average Bonchev–Trinajstić information content (AvgIpc) is 2.62. The molecule has 1 saturated heterocycles. The molecule has 0 aromatic heterocycles. The molecule has 1 heterocycles. The number of hydrogen-bond acceptors (Lipinski definition) is 4. The van der Waals surface area contributed by atoms with Crippen molar-refractivity contribution >= 4 is 50.9 Å². The highest BCUT2D eigenvalue weighted by Crippen LogP contribution is 2.29. The van der Waals surface area contributed by atoms with Gasteiger partial charge in [-0.25, -0.2) is 22.4 Å². The molecule has 1 aliphatic heterocycles. The Morgan fingerprint density at radius 3 is 2.18 bits per heavy atom. The summed E-state index contributed by atoms with van der Waals surface area (Å²) in [6.07, 6.45) is 0. The van der Waals surface area contributed by atoms with Crippen LogP contribution in [0.2, 0.25) is 10.0 Å². The highest BCUT2D eigenvalue weighted by atomic mass is 35.5. The van der Waals surface area contributed by atoms with Gasteiger partial charge in [-0.1, -0.05) is 37.0 Å². The largest absolute Gasteiger partial charge is 0.345 e. The van der Waals surface area contributed by atoms with Crippen LogP contribution in [0.1, 0.15) is 13.8 Å². The van der Waals surface area contributed by atoms with Gasteiger partial charge in [0.05, 0.1) is 11.4 Å². The first-order valence-corrected chi connectivity index (χ1v) is 8.82. The molecule has 9 heteroatoms. The van der Waals surface area contributed by atoms with E-state index in [1.165, 1.54) is 18.2 Å². The third kappa shape index (κ3) is 3.37. The summed E-state index contributed by atoms with van der Waals surface area (Å²) in [5.74, 6) is -1.02. The van der Waals surface area contributed by atoms with Crippen LogP contribution >= 0.6 is 23.2 Å². The summed E-state index contributed by atoms with van der Waals surface area (Å²) in [6.45, 7) is 2.92. The van der Waals surface area contributed by atoms with Crippen LogP contribution in [-0.2, 0) is 14.8 Å². The third-order valence-electron chi connectivity index (χ3n) is 2.92. The lowest BCUT2D eigenvalue weighted by molar-refractivity contribution is -0.116. The van der Waals surface area contributed by atoms with E-state index in [4.69, 9.17) is 23.2 Å². The lowest BCUT2D eigenvalue weighted by Gasteiger charge is -2.18. The molecule has 3 amide bonds. The van der Waals surface area contributed by atoms with Gasteiger partial charge >= 0.3 is 6.03 Å². The monoisotopic (exact) mass is 364 g/mol. The number of nitrogens with zero attached hydrogens (tertiary/aromatic N) is 2. The Morgan fingerprint density at radius 1 is 1.14 bits per heavy atom. The number of carbonyl (C=O) groups is 2. The van der Waals surface area contributed by atoms with Gasteiger partial charge in [0.25, 0.3) is 5.91 Å². The molecule has 2 rings (SSSR count). The Labute approximate surface area is 138 Å². The number of anilines is 1. The van der Waals surface area contributed by atoms with Crippen molar-refractivity contribution in [2.24, 2.45) is 5.92 Å². The third-order valence-corrected chi connectivity index (χ3v) is 5.40. The maximum absolute atomic E-state index is 12.3. The van der Waals surface area contributed by atoms with Crippen molar-refractivity contribution in [1.82, 2.24) is 4.31 Å². The summed E-state index contributed by atoms with van der Waals surface area (Å²) < 4.78 is 25.0. The summed E-state index contributed by atoms with van der Waals surface area (Å²) in [5, 5.41) is 0.484. The summed E-state index contributed by atoms with van der Waals surface area (Å²) >= 11 is 11.7. The predicted molar refractivity (Wildman–Crippen MR) is 84.7 cm³/mol. The van der Waals surface area contributed by atoms with Crippen molar-refractivity contribution in [3.8, 4) is 0 Å². The maximum atomic E-state index is 12.3. The van der Waals surface area contributed by atoms with Crippen molar-refractivity contribution in [3.05, 3.63) is 28.2 Å². The molecular formula is C13H14Cl2N2O4S. The molecule has 0 atom stereocenters. The van der Waals surface area contributed by atoms with Gasteiger partial charge in [0.15, 0.2) is 0 Å². The smallest absolute Gasteiger partial charge is 0.272 e. The molecule has 0 aliphatic carbocycles. The molecule has 1 aliphatic rings. The zero-order valence-corrected chi connectivity index (χ0v) is 14.2. The number of benzene rings is 1. The highest BCUT2D eigenvalue weighted by molar-refractivity contribution is 7.89. The molecule has 6 nitrogen and oxygen atoms in total. The number of rotatable bonds is 4. The average molecular weight is 365 g/mol. The molecule has 0 radical (unpaired) electrons. The second kappa shape index (κ2) is 6.06. The van der Waals surface area contributed by atoms with Crippen LogP contribution in [-0.4, -0.2) is 37.0 Å². The summed E-state index contributed by atoms with van der Waals surface area (Å²) in [7, 11) is -3.85. The maximum Gasteiger partial charge on any atom is 0.345 e. The molecule has 1 aromatic rings. The SMILES string of the molecule is CC(C)CS(=O)(=O)N1CC(=O)N(c2cc(Cl)cc(Cl)c2)C1=O. The van der Waals surface area contributed by atoms with E-state index in [2.05, 4.69) is 0 Å². The Hall–Kier alpha value is -1.31. The molecular weight excluding hydrogens is 351 g/mol. The highest BCUT2D eigenvalue weighted by Gasteiger charge is 2.43. The van der Waals surface area contributed by atoms with E-state index in [-0.39, 0.29) is 27.4 Å². The van der Waals surface area contributed by atoms with E-state index in [9.17, 15) is 18.0 Å². The first-order chi connectivity index (χ1) is 10.1. The summed E-state index contributed by atoms with van der Waals surface area (Å²) in [6, 6.07) is 3.29. The minimum absolute atomic E-state index is 0.148. The molecule has 1 aromatic carbocycles. The van der Waals surface area contributed by atoms with Crippen LogP contribution in [0.3, 0.4) is 0 Å². The van der Waals surface area contributed by atoms with Gasteiger partial charge in [-0.2, -0.15) is 0 Å². The quantitative estimate of drug-likeness (QED) is 0.769. The van der Waals surface area contributed by atoms with E-state index in [0.29, 0.717) is 4.31 Å². The molecule has 0 N–H and O–H groups in total. The fourth-order valence-corrected chi connectivity index (χ4v) is 4.29. The minimum Gasteiger partial charge on any atom is -0.272 e. The van der Waals surface area contributed by atoms with Crippen LogP contribution in [0, 0.1) is 5.92 Å². The predicted octanol–water partition coefficient (Wildman–Crippen LogP) is 2.75. The zero-order valence-electron chi connectivity index (χ0n) is 11.9. The second-order valence-electron chi connectivity index (χ2n) is 5.32. The topological polar surface area (TPSA) is 74.8 Å². The van der Waals surface area contributed by atoms with Crippen molar-refractivity contribution in [3.63, 3.8) is 0 Å². The number of halogens is 2. The Bertz CT molecular complexity index is 713. The first-order valence-electron chi connectivity index (χ1n) is 6.45. The van der Waals surface area contributed by atoms with Crippen LogP contribution in [0.25, 0.3) is 0 Å². The van der Waals surface area contributed by atoms with Gasteiger partial charge in [-0.05, 0) is 24.1 Å². The van der Waals surface area contributed by atoms with Crippen LogP contribution in [0.5, 0.6) is 0 Å². The van der Waals surface area contributed by atoms with E-state index in [1.54, 1.807) is 13.8 Å². The number of amides is 3. The van der Waals surface area contributed by atoms with E-state index in [1.807, 2.05) is 0 Å². The number of hydrogen-bond donors (Lipinski definition) is 0. The number of urea groups is 1.